The molecule has 0 radical (unpaired) electrons. The highest BCUT2D eigenvalue weighted by molar-refractivity contribution is 7.71. The number of benzene rings is 1. The van der Waals surface area contributed by atoms with Gasteiger partial charge in [-0.05, 0) is 35.8 Å². The number of nitrogens with one attached hydrogen (secondary N) is 1. The molecule has 3 aromatic rings. The molecule has 0 saturated heterocycles. The minimum atomic E-state index is -0.583. The fourth-order valence-corrected chi connectivity index (χ4v) is 3.06. The lowest BCUT2D eigenvalue weighted by atomic mass is 10.2. The van der Waals surface area contributed by atoms with Crippen LogP contribution in [-0.2, 0) is 6.54 Å². The molecule has 3 rings (SSSR count). The second-order valence-corrected chi connectivity index (χ2v) is 6.25. The van der Waals surface area contributed by atoms with Crippen LogP contribution in [0.3, 0.4) is 0 Å². The predicted molar refractivity (Wildman–Crippen MR) is 94.5 cm³/mol. The minimum Gasteiger partial charge on any atom is -0.494 e. The Balaban J connectivity index is 2.06. The van der Waals surface area contributed by atoms with Gasteiger partial charge in [0.1, 0.15) is 11.4 Å². The Bertz CT molecular complexity index is 1010. The van der Waals surface area contributed by atoms with Crippen molar-refractivity contribution < 1.29 is 9.50 Å². The van der Waals surface area contributed by atoms with Crippen molar-refractivity contribution in [1.29, 1.82) is 0 Å². The number of H-pyrrole nitrogens is 1. The highest BCUT2D eigenvalue weighted by atomic mass is 32.1. The van der Waals surface area contributed by atoms with Crippen LogP contribution in [0.2, 0.25) is 0 Å². The number of aromatic amines is 1. The first-order chi connectivity index (χ1) is 11.6. The van der Waals surface area contributed by atoms with Crippen LogP contribution in [0.4, 0.5) is 4.39 Å². The lowest BCUT2D eigenvalue weighted by Gasteiger charge is -2.11. The Morgan fingerprint density at radius 2 is 2.12 bits per heavy atom. The zero-order valence-corrected chi connectivity index (χ0v) is 13.9. The fraction of sp³-hybridized carbons (Fsp3) is 0.0625. The summed E-state index contributed by atoms with van der Waals surface area (Å²) in [5.41, 5.74) is -0.618. The van der Waals surface area contributed by atoms with Crippen LogP contribution < -0.4 is 5.56 Å². The van der Waals surface area contributed by atoms with Gasteiger partial charge in [-0.2, -0.15) is 0 Å². The first kappa shape index (κ1) is 16.3. The Labute approximate surface area is 145 Å². The van der Waals surface area contributed by atoms with E-state index in [1.807, 2.05) is 17.5 Å². The maximum absolute atomic E-state index is 14.0. The standard InChI is InChI=1S/C16H12FN3O2S2/c17-12-5-1-2-6-13(12)20-15(22)11(14(21)19-16(20)23)9-18-8-10-4-3-7-24-10/h1-7,9,22H,8H2,(H,19,21,23). The topological polar surface area (TPSA) is 70.4 Å². The van der Waals surface area contributed by atoms with Crippen LogP contribution in [0, 0.1) is 10.6 Å². The van der Waals surface area contributed by atoms with Crippen molar-refractivity contribution in [3.05, 3.63) is 73.2 Å². The summed E-state index contributed by atoms with van der Waals surface area (Å²) in [7, 11) is 0. The van der Waals surface area contributed by atoms with E-state index in [2.05, 4.69) is 9.98 Å². The number of aromatic hydroxyl groups is 1. The van der Waals surface area contributed by atoms with Gasteiger partial charge in [0.2, 0.25) is 5.88 Å². The molecular weight excluding hydrogens is 349 g/mol. The molecular formula is C16H12FN3O2S2. The van der Waals surface area contributed by atoms with Crippen LogP contribution in [0.25, 0.3) is 5.69 Å². The summed E-state index contributed by atoms with van der Waals surface area (Å²) in [5.74, 6) is -1.03. The molecule has 0 spiro atoms. The molecule has 2 N–H and O–H groups in total. The Morgan fingerprint density at radius 3 is 2.83 bits per heavy atom. The molecule has 8 heteroatoms. The smallest absolute Gasteiger partial charge is 0.264 e. The van der Waals surface area contributed by atoms with Gasteiger partial charge in [-0.15, -0.1) is 11.3 Å². The second-order valence-electron chi connectivity index (χ2n) is 4.83. The molecule has 2 heterocycles. The maximum atomic E-state index is 14.0. The van der Waals surface area contributed by atoms with E-state index in [1.54, 1.807) is 6.07 Å². The fourth-order valence-electron chi connectivity index (χ4n) is 2.14. The summed E-state index contributed by atoms with van der Waals surface area (Å²) in [5, 5.41) is 12.3. The van der Waals surface area contributed by atoms with E-state index >= 15 is 0 Å². The average Bonchev–Trinajstić information content (AvgIpc) is 3.05. The third-order valence-corrected chi connectivity index (χ3v) is 4.41. The van der Waals surface area contributed by atoms with Crippen LogP contribution in [0.15, 0.2) is 51.6 Å². The molecule has 0 aliphatic carbocycles. The second kappa shape index (κ2) is 6.90. The van der Waals surface area contributed by atoms with Gasteiger partial charge in [0.15, 0.2) is 4.77 Å². The highest BCUT2D eigenvalue weighted by Crippen LogP contribution is 2.21. The van der Waals surface area contributed by atoms with Crippen molar-refractivity contribution in [3.63, 3.8) is 0 Å². The van der Waals surface area contributed by atoms with Gasteiger partial charge in [-0.25, -0.2) is 4.39 Å². The highest BCUT2D eigenvalue weighted by Gasteiger charge is 2.14. The van der Waals surface area contributed by atoms with E-state index in [-0.39, 0.29) is 16.0 Å². The maximum Gasteiger partial charge on any atom is 0.264 e. The first-order valence-electron chi connectivity index (χ1n) is 6.93. The van der Waals surface area contributed by atoms with Crippen molar-refractivity contribution in [2.75, 3.05) is 0 Å². The largest absolute Gasteiger partial charge is 0.494 e. The first-order valence-corrected chi connectivity index (χ1v) is 8.22. The van der Waals surface area contributed by atoms with Gasteiger partial charge in [0.05, 0.1) is 12.2 Å². The summed E-state index contributed by atoms with van der Waals surface area (Å²) in [6, 6.07) is 9.64. The molecule has 2 aromatic heterocycles. The van der Waals surface area contributed by atoms with Gasteiger partial charge in [0.25, 0.3) is 5.56 Å². The molecule has 1 aromatic carbocycles. The average molecular weight is 361 g/mol. The lowest BCUT2D eigenvalue weighted by molar-refractivity contribution is 0.429. The Hall–Kier alpha value is -2.58. The van der Waals surface area contributed by atoms with Gasteiger partial charge in [-0.3, -0.25) is 19.3 Å². The molecule has 0 fully saturated rings. The van der Waals surface area contributed by atoms with E-state index < -0.39 is 17.3 Å². The van der Waals surface area contributed by atoms with Crippen molar-refractivity contribution in [2.24, 2.45) is 4.99 Å². The van der Waals surface area contributed by atoms with Crippen molar-refractivity contribution in [3.8, 4) is 11.6 Å². The minimum absolute atomic E-state index is 0.0455. The molecule has 0 saturated carbocycles. The summed E-state index contributed by atoms with van der Waals surface area (Å²) in [4.78, 5) is 19.6. The van der Waals surface area contributed by atoms with Crippen LogP contribution >= 0.6 is 23.6 Å². The van der Waals surface area contributed by atoms with E-state index in [4.69, 9.17) is 12.2 Å². The number of rotatable bonds is 4. The van der Waals surface area contributed by atoms with Crippen LogP contribution in [-0.4, -0.2) is 20.9 Å². The lowest BCUT2D eigenvalue weighted by Crippen LogP contribution is -2.18. The SMILES string of the molecule is O=c1[nH]c(=S)n(-c2ccccc2F)c(O)c1C=NCc1cccs1. The molecule has 24 heavy (non-hydrogen) atoms. The number of para-hydroxylation sites is 1. The van der Waals surface area contributed by atoms with Crippen LogP contribution in [0.5, 0.6) is 5.88 Å². The number of halogens is 1. The molecule has 0 unspecified atom stereocenters. The Morgan fingerprint density at radius 1 is 1.33 bits per heavy atom. The summed E-state index contributed by atoms with van der Waals surface area (Å²) < 4.78 is 15.0. The van der Waals surface area contributed by atoms with E-state index in [1.165, 1.54) is 35.8 Å². The van der Waals surface area contributed by atoms with Crippen LogP contribution in [0.1, 0.15) is 10.4 Å². The van der Waals surface area contributed by atoms with E-state index in [0.717, 1.165) is 9.44 Å². The molecule has 0 atom stereocenters. The summed E-state index contributed by atoms with van der Waals surface area (Å²) in [6.45, 7) is 0.381. The zero-order chi connectivity index (χ0) is 17.1. The molecule has 0 bridgehead atoms. The van der Waals surface area contributed by atoms with Gasteiger partial charge in [0, 0.05) is 11.1 Å². The normalized spacial score (nSPS) is 11.2. The third kappa shape index (κ3) is 3.19. The molecule has 5 nitrogen and oxygen atoms in total. The monoisotopic (exact) mass is 361 g/mol. The molecule has 0 aliphatic rings. The quantitative estimate of drug-likeness (QED) is 0.553. The number of hydrogen-bond acceptors (Lipinski definition) is 5. The van der Waals surface area contributed by atoms with Crippen molar-refractivity contribution >= 4 is 29.8 Å². The summed E-state index contributed by atoms with van der Waals surface area (Å²) in [6.07, 6.45) is 1.26. The van der Waals surface area contributed by atoms with Gasteiger partial charge < -0.3 is 5.11 Å². The summed E-state index contributed by atoms with van der Waals surface area (Å²) >= 11 is 6.58. The molecule has 0 aliphatic heterocycles. The van der Waals surface area contributed by atoms with Crippen molar-refractivity contribution in [1.82, 2.24) is 9.55 Å². The predicted octanol–water partition coefficient (Wildman–Crippen LogP) is 3.42. The van der Waals surface area contributed by atoms with Gasteiger partial charge in [-0.1, -0.05) is 18.2 Å². The Kier molecular flexibility index (Phi) is 4.68. The number of aliphatic imine (C=N–C) groups is 1. The molecule has 122 valence electrons. The van der Waals surface area contributed by atoms with E-state index in [9.17, 15) is 14.3 Å². The number of aromatic nitrogens is 2. The van der Waals surface area contributed by atoms with E-state index in [0.29, 0.717) is 6.54 Å². The molecule has 0 amide bonds. The van der Waals surface area contributed by atoms with Gasteiger partial charge >= 0.3 is 0 Å². The third-order valence-electron chi connectivity index (χ3n) is 3.26. The number of hydrogen-bond donors (Lipinski definition) is 2. The number of thiophene rings is 1. The van der Waals surface area contributed by atoms with Crippen molar-refractivity contribution in [2.45, 2.75) is 6.54 Å². The zero-order valence-electron chi connectivity index (χ0n) is 12.3. The number of nitrogens with zero attached hydrogens (tertiary/aromatic N) is 2.